The maximum atomic E-state index is 11.5. The molecule has 4 aliphatic rings. The minimum atomic E-state index is -0.727. The number of piperidine rings is 1. The average molecular weight is 515 g/mol. The second-order valence-corrected chi connectivity index (χ2v) is 10.9. The number of β-amino-alcohol motifs (C(OH)–C–C–N with tert-alkyl or cyclic N) is 1. The van der Waals surface area contributed by atoms with E-state index in [1.165, 1.54) is 24.0 Å². The number of likely N-dealkylation sites (tertiary alicyclic amines) is 1. The highest BCUT2D eigenvalue weighted by Crippen LogP contribution is 2.47. The summed E-state index contributed by atoms with van der Waals surface area (Å²) in [5.41, 5.74) is 3.84. The Balaban J connectivity index is 1.29. The summed E-state index contributed by atoms with van der Waals surface area (Å²) in [6.07, 6.45) is 11.3. The SMILES string of the molecule is CCn1cnc(Nc2cc(C3N=C(N4CC[C@]5(O)CNCCC45)c4c(C5CC5)cncc4N3C)ccn2)n1. The Kier molecular flexibility index (Phi) is 5.59. The fourth-order valence-corrected chi connectivity index (χ4v) is 6.24. The maximum Gasteiger partial charge on any atom is 0.247 e. The minimum absolute atomic E-state index is 0.0500. The van der Waals surface area contributed by atoms with Crippen molar-refractivity contribution < 1.29 is 5.11 Å². The summed E-state index contributed by atoms with van der Waals surface area (Å²) in [6.45, 7) is 5.10. The third kappa shape index (κ3) is 3.92. The van der Waals surface area contributed by atoms with Gasteiger partial charge in [-0.15, -0.1) is 5.10 Å². The summed E-state index contributed by atoms with van der Waals surface area (Å²) in [5, 5.41) is 22.5. The molecular weight excluding hydrogens is 480 g/mol. The second kappa shape index (κ2) is 9.02. The van der Waals surface area contributed by atoms with Crippen molar-refractivity contribution in [2.45, 2.75) is 62.9 Å². The van der Waals surface area contributed by atoms with E-state index in [0.29, 0.717) is 24.2 Å². The lowest BCUT2D eigenvalue weighted by atomic mass is 9.88. The number of aliphatic imine (C=N–C) groups is 1. The molecule has 3 aromatic heterocycles. The molecule has 198 valence electrons. The van der Waals surface area contributed by atoms with E-state index in [-0.39, 0.29) is 12.2 Å². The van der Waals surface area contributed by atoms with E-state index in [0.717, 1.165) is 49.6 Å². The highest BCUT2D eigenvalue weighted by molar-refractivity contribution is 6.07. The number of aliphatic hydroxyl groups is 1. The van der Waals surface area contributed by atoms with Crippen LogP contribution in [0, 0.1) is 0 Å². The molecule has 3 N–H and O–H groups in total. The van der Waals surface area contributed by atoms with Crippen LogP contribution in [-0.2, 0) is 6.54 Å². The van der Waals surface area contributed by atoms with Crippen LogP contribution < -0.4 is 15.5 Å². The van der Waals surface area contributed by atoms with Crippen molar-refractivity contribution in [2.75, 3.05) is 36.9 Å². The van der Waals surface area contributed by atoms with E-state index in [9.17, 15) is 5.11 Å². The van der Waals surface area contributed by atoms with Crippen LogP contribution in [0.3, 0.4) is 0 Å². The largest absolute Gasteiger partial charge is 0.386 e. The number of hydrogen-bond donors (Lipinski definition) is 3. The zero-order valence-electron chi connectivity index (χ0n) is 21.9. The minimum Gasteiger partial charge on any atom is -0.386 e. The van der Waals surface area contributed by atoms with Gasteiger partial charge in [-0.2, -0.15) is 0 Å². The van der Waals surface area contributed by atoms with E-state index in [4.69, 9.17) is 4.99 Å². The van der Waals surface area contributed by atoms with Gasteiger partial charge in [0, 0.05) is 50.2 Å². The van der Waals surface area contributed by atoms with E-state index >= 15 is 0 Å². The monoisotopic (exact) mass is 514 g/mol. The van der Waals surface area contributed by atoms with Gasteiger partial charge < -0.3 is 25.5 Å². The molecule has 3 atom stereocenters. The van der Waals surface area contributed by atoms with Gasteiger partial charge in [0.15, 0.2) is 0 Å². The van der Waals surface area contributed by atoms with Gasteiger partial charge in [-0.05, 0) is 62.8 Å². The number of hydrogen-bond acceptors (Lipinski definition) is 10. The molecule has 3 aromatic rings. The summed E-state index contributed by atoms with van der Waals surface area (Å²) in [4.78, 5) is 23.5. The van der Waals surface area contributed by atoms with Gasteiger partial charge in [0.25, 0.3) is 0 Å². The van der Waals surface area contributed by atoms with Gasteiger partial charge in [-0.3, -0.25) is 9.67 Å². The number of nitrogens with zero attached hydrogens (tertiary/aromatic N) is 8. The van der Waals surface area contributed by atoms with Crippen molar-refractivity contribution >= 4 is 23.3 Å². The van der Waals surface area contributed by atoms with Crippen molar-refractivity contribution in [3.05, 3.63) is 53.7 Å². The van der Waals surface area contributed by atoms with Crippen LogP contribution in [0.5, 0.6) is 0 Å². The number of aryl methyl sites for hydroxylation is 1. The second-order valence-electron chi connectivity index (χ2n) is 10.9. The van der Waals surface area contributed by atoms with Gasteiger partial charge in [0.1, 0.15) is 24.1 Å². The van der Waals surface area contributed by atoms with Gasteiger partial charge in [0.05, 0.1) is 23.5 Å². The molecule has 3 aliphatic heterocycles. The van der Waals surface area contributed by atoms with Crippen molar-refractivity contribution in [1.82, 2.24) is 34.9 Å². The van der Waals surface area contributed by atoms with Crippen LogP contribution in [-0.4, -0.2) is 78.9 Å². The third-order valence-corrected chi connectivity index (χ3v) is 8.45. The van der Waals surface area contributed by atoms with E-state index in [1.807, 2.05) is 31.5 Å². The Hall–Kier alpha value is -3.57. The van der Waals surface area contributed by atoms with Crippen LogP contribution in [0.25, 0.3) is 0 Å². The standard InChI is InChI=1S/C27H34N10O/c1-3-36-16-31-26(34-36)32-22-12-18(6-10-30-22)24-33-25(37-11-8-27(38)15-28-9-7-21(27)37)23-19(17-4-5-17)13-29-14-20(23)35(24)2/h6,10,12-14,16-17,21,24,28,38H,3-5,7-9,11,15H2,1-2H3,(H,30,32,34)/t21?,24?,27-/m0/s1. The van der Waals surface area contributed by atoms with E-state index in [2.05, 4.69) is 47.5 Å². The highest BCUT2D eigenvalue weighted by atomic mass is 16.3. The number of anilines is 3. The molecule has 38 heavy (non-hydrogen) atoms. The molecule has 11 heteroatoms. The van der Waals surface area contributed by atoms with Gasteiger partial charge in [-0.1, -0.05) is 0 Å². The summed E-state index contributed by atoms with van der Waals surface area (Å²) >= 11 is 0. The average Bonchev–Trinajstić information content (AvgIpc) is 3.59. The lowest BCUT2D eigenvalue weighted by Gasteiger charge is -2.42. The van der Waals surface area contributed by atoms with Crippen LogP contribution in [0.4, 0.5) is 17.5 Å². The number of fused-ring (bicyclic) bond motifs is 2. The molecule has 7 rings (SSSR count). The Bertz CT molecular complexity index is 1380. The molecule has 1 saturated carbocycles. The fourth-order valence-electron chi connectivity index (χ4n) is 6.24. The molecule has 0 bridgehead atoms. The Morgan fingerprint density at radius 1 is 1.21 bits per heavy atom. The summed E-state index contributed by atoms with van der Waals surface area (Å²) in [7, 11) is 2.09. The molecule has 1 aliphatic carbocycles. The van der Waals surface area contributed by atoms with Crippen molar-refractivity contribution in [2.24, 2.45) is 4.99 Å². The Morgan fingerprint density at radius 3 is 2.92 bits per heavy atom. The zero-order chi connectivity index (χ0) is 25.9. The molecule has 6 heterocycles. The number of pyridine rings is 2. The molecule has 2 saturated heterocycles. The summed E-state index contributed by atoms with van der Waals surface area (Å²) in [6, 6.07) is 4.08. The van der Waals surface area contributed by atoms with Crippen molar-refractivity contribution in [3.63, 3.8) is 0 Å². The molecule has 0 radical (unpaired) electrons. The lowest BCUT2D eigenvalue weighted by molar-refractivity contribution is -0.00241. The Morgan fingerprint density at radius 2 is 2.11 bits per heavy atom. The number of amidine groups is 1. The predicted molar refractivity (Wildman–Crippen MR) is 145 cm³/mol. The number of aromatic nitrogens is 5. The molecule has 0 amide bonds. The molecule has 11 nitrogen and oxygen atoms in total. The molecule has 2 unspecified atom stereocenters. The molecule has 3 fully saturated rings. The third-order valence-electron chi connectivity index (χ3n) is 8.45. The Labute approximate surface area is 222 Å². The zero-order valence-corrected chi connectivity index (χ0v) is 21.9. The smallest absolute Gasteiger partial charge is 0.247 e. The van der Waals surface area contributed by atoms with E-state index in [1.54, 1.807) is 17.2 Å². The lowest BCUT2D eigenvalue weighted by Crippen LogP contribution is -2.57. The highest BCUT2D eigenvalue weighted by Gasteiger charge is 2.50. The van der Waals surface area contributed by atoms with Crippen LogP contribution in [0.2, 0.25) is 0 Å². The normalized spacial score (nSPS) is 26.7. The van der Waals surface area contributed by atoms with Gasteiger partial charge >= 0.3 is 0 Å². The number of nitrogens with one attached hydrogen (secondary N) is 2. The van der Waals surface area contributed by atoms with Crippen LogP contribution in [0.15, 0.2) is 42.0 Å². The summed E-state index contributed by atoms with van der Waals surface area (Å²) in [5.74, 6) is 2.72. The predicted octanol–water partition coefficient (Wildman–Crippen LogP) is 2.40. The number of rotatable bonds is 5. The topological polar surface area (TPSA) is 120 Å². The molecule has 0 aromatic carbocycles. The first kappa shape index (κ1) is 23.5. The van der Waals surface area contributed by atoms with Crippen molar-refractivity contribution in [3.8, 4) is 0 Å². The van der Waals surface area contributed by atoms with Gasteiger partial charge in [-0.25, -0.2) is 15.0 Å². The first-order valence-corrected chi connectivity index (χ1v) is 13.6. The van der Waals surface area contributed by atoms with Gasteiger partial charge in [0.2, 0.25) is 5.95 Å². The maximum absolute atomic E-state index is 11.5. The summed E-state index contributed by atoms with van der Waals surface area (Å²) < 4.78 is 1.77. The van der Waals surface area contributed by atoms with Crippen LogP contribution >= 0.6 is 0 Å². The fraction of sp³-hybridized carbons (Fsp3) is 0.519. The first-order valence-electron chi connectivity index (χ1n) is 13.6. The van der Waals surface area contributed by atoms with Crippen LogP contribution in [0.1, 0.15) is 61.4 Å². The van der Waals surface area contributed by atoms with E-state index < -0.39 is 5.60 Å². The first-order chi connectivity index (χ1) is 18.5. The molecular formula is C27H34N10O. The quantitative estimate of drug-likeness (QED) is 0.471. The van der Waals surface area contributed by atoms with Crippen molar-refractivity contribution in [1.29, 1.82) is 0 Å². The molecule has 0 spiro atoms.